The van der Waals surface area contributed by atoms with Crippen LogP contribution in [0.2, 0.25) is 0 Å². The molecule has 41 heavy (non-hydrogen) atoms. The highest BCUT2D eigenvalue weighted by molar-refractivity contribution is 5.84. The van der Waals surface area contributed by atoms with Crippen molar-refractivity contribution in [3.05, 3.63) is 47.1 Å². The SMILES string of the molecule is CC[C@@H](C)C(O)[C@@H](C)CC[C@H]1C[C@@H]2CC(C/C=C(\C)C[C@@H](C)/C=C/C=C3\COC4C3[C@@](O)(C=C(C)[C@H]4O)C(=O)O2)O1. The van der Waals surface area contributed by atoms with Gasteiger partial charge in [0.05, 0.1) is 36.9 Å². The average Bonchev–Trinajstić information content (AvgIpc) is 3.37. The summed E-state index contributed by atoms with van der Waals surface area (Å²) >= 11 is 0. The van der Waals surface area contributed by atoms with Crippen molar-refractivity contribution in [1.82, 2.24) is 0 Å². The van der Waals surface area contributed by atoms with Crippen molar-refractivity contribution in [2.75, 3.05) is 6.61 Å². The predicted molar refractivity (Wildman–Crippen MR) is 159 cm³/mol. The molecule has 0 spiro atoms. The van der Waals surface area contributed by atoms with Crippen LogP contribution in [0.5, 0.6) is 0 Å². The van der Waals surface area contributed by atoms with E-state index in [9.17, 15) is 20.1 Å². The van der Waals surface area contributed by atoms with Gasteiger partial charge in [0.15, 0.2) is 5.60 Å². The minimum absolute atomic E-state index is 0.104. The van der Waals surface area contributed by atoms with E-state index in [4.69, 9.17) is 14.2 Å². The van der Waals surface area contributed by atoms with Gasteiger partial charge >= 0.3 is 5.97 Å². The van der Waals surface area contributed by atoms with Crippen LogP contribution >= 0.6 is 0 Å². The van der Waals surface area contributed by atoms with Crippen LogP contribution in [0, 0.1) is 23.7 Å². The van der Waals surface area contributed by atoms with E-state index in [2.05, 4.69) is 46.8 Å². The zero-order valence-corrected chi connectivity index (χ0v) is 25.8. The molecule has 1 aliphatic carbocycles. The second-order valence-electron chi connectivity index (χ2n) is 13.3. The van der Waals surface area contributed by atoms with E-state index in [1.807, 2.05) is 12.2 Å². The zero-order chi connectivity index (χ0) is 29.9. The van der Waals surface area contributed by atoms with Gasteiger partial charge in [-0.05, 0) is 74.5 Å². The van der Waals surface area contributed by atoms with E-state index in [-0.39, 0.29) is 36.8 Å². The van der Waals surface area contributed by atoms with E-state index in [0.717, 1.165) is 37.7 Å². The standard InChI is InChI=1S/C34H52O7/c1-7-22(4)30(35)23(5)12-14-27-17-28-16-26(40-27)13-11-21(3)15-20(2)9-8-10-25-19-39-32-29(25)34(38,33(37)41-28)18-24(6)31(32)36/h8-11,18,20,22-23,26-32,35-36,38H,7,12-17,19H2,1-6H3/b9-8+,21-11+,25-10+/t20-,22+,23-,26?,27-,28-,29?,30?,31+,32?,34-/m0/s1. The number of carbonyl (C=O) groups excluding carboxylic acids is 1. The van der Waals surface area contributed by atoms with Crippen molar-refractivity contribution >= 4 is 5.97 Å². The number of fused-ring (bicyclic) bond motifs is 2. The molecule has 7 nitrogen and oxygen atoms in total. The van der Waals surface area contributed by atoms with Crippen LogP contribution in [0.3, 0.4) is 0 Å². The molecule has 0 radical (unpaired) electrons. The van der Waals surface area contributed by atoms with Gasteiger partial charge in [-0.25, -0.2) is 4.79 Å². The normalized spacial score (nSPS) is 41.9. The molecule has 0 amide bonds. The molecule has 11 atom stereocenters. The van der Waals surface area contributed by atoms with Gasteiger partial charge in [-0.1, -0.05) is 64.0 Å². The number of hydrogen-bond donors (Lipinski definition) is 3. The fourth-order valence-corrected chi connectivity index (χ4v) is 7.04. The number of carbonyl (C=O) groups is 1. The third-order valence-electron chi connectivity index (χ3n) is 9.78. The number of aliphatic hydroxyl groups is 3. The van der Waals surface area contributed by atoms with E-state index >= 15 is 0 Å². The molecule has 2 bridgehead atoms. The van der Waals surface area contributed by atoms with Gasteiger partial charge in [0.1, 0.15) is 12.2 Å². The number of ether oxygens (including phenoxy) is 3. The molecule has 0 saturated carbocycles. The summed E-state index contributed by atoms with van der Waals surface area (Å²) in [5, 5.41) is 33.5. The summed E-state index contributed by atoms with van der Waals surface area (Å²) in [5.41, 5.74) is 0.641. The van der Waals surface area contributed by atoms with Gasteiger partial charge in [0.2, 0.25) is 0 Å². The van der Waals surface area contributed by atoms with Gasteiger partial charge in [-0.15, -0.1) is 0 Å². The monoisotopic (exact) mass is 572 g/mol. The first-order valence-electron chi connectivity index (χ1n) is 15.7. The fraction of sp³-hybridized carbons (Fsp3) is 0.735. The lowest BCUT2D eigenvalue weighted by molar-refractivity contribution is -0.185. The van der Waals surface area contributed by atoms with Gasteiger partial charge in [0.25, 0.3) is 0 Å². The second kappa shape index (κ2) is 13.7. The molecule has 230 valence electrons. The number of allylic oxidation sites excluding steroid dienone is 4. The maximum absolute atomic E-state index is 13.8. The van der Waals surface area contributed by atoms with E-state index < -0.39 is 35.8 Å². The lowest BCUT2D eigenvalue weighted by Gasteiger charge is -2.41. The Labute approximate surface area is 246 Å². The summed E-state index contributed by atoms with van der Waals surface area (Å²) in [6.45, 7) is 12.5. The minimum atomic E-state index is -1.93. The quantitative estimate of drug-likeness (QED) is 0.297. The van der Waals surface area contributed by atoms with E-state index in [1.165, 1.54) is 11.6 Å². The van der Waals surface area contributed by atoms with Crippen LogP contribution in [0.15, 0.2) is 47.1 Å². The fourth-order valence-electron chi connectivity index (χ4n) is 7.04. The summed E-state index contributed by atoms with van der Waals surface area (Å²) in [7, 11) is 0. The Morgan fingerprint density at radius 2 is 1.90 bits per heavy atom. The summed E-state index contributed by atoms with van der Waals surface area (Å²) in [5.74, 6) is -0.731. The van der Waals surface area contributed by atoms with Crippen LogP contribution in [-0.2, 0) is 19.0 Å². The van der Waals surface area contributed by atoms with Crippen molar-refractivity contribution in [3.63, 3.8) is 0 Å². The number of hydrogen-bond acceptors (Lipinski definition) is 7. The molecule has 4 unspecified atom stereocenters. The average molecular weight is 573 g/mol. The lowest BCUT2D eigenvalue weighted by atomic mass is 9.71. The lowest BCUT2D eigenvalue weighted by Crippen LogP contribution is -2.56. The first kappa shape index (κ1) is 32.2. The molecule has 2 saturated heterocycles. The third kappa shape index (κ3) is 7.42. The maximum atomic E-state index is 13.8. The highest BCUT2D eigenvalue weighted by atomic mass is 16.6. The molecule has 0 aromatic rings. The molecule has 7 heteroatoms. The Morgan fingerprint density at radius 3 is 2.63 bits per heavy atom. The molecule has 3 heterocycles. The molecule has 3 N–H and O–H groups in total. The summed E-state index contributed by atoms with van der Waals surface area (Å²) in [6, 6.07) is 0. The minimum Gasteiger partial charge on any atom is -0.460 e. The largest absolute Gasteiger partial charge is 0.460 e. The second-order valence-corrected chi connectivity index (χ2v) is 13.3. The third-order valence-corrected chi connectivity index (χ3v) is 9.78. The number of rotatable bonds is 6. The molecule has 0 aromatic heterocycles. The summed E-state index contributed by atoms with van der Waals surface area (Å²) in [4.78, 5) is 13.8. The summed E-state index contributed by atoms with van der Waals surface area (Å²) < 4.78 is 18.6. The Morgan fingerprint density at radius 1 is 1.15 bits per heavy atom. The van der Waals surface area contributed by atoms with Crippen molar-refractivity contribution in [2.24, 2.45) is 23.7 Å². The van der Waals surface area contributed by atoms with E-state index in [1.54, 1.807) is 6.92 Å². The van der Waals surface area contributed by atoms with Crippen LogP contribution < -0.4 is 0 Å². The highest BCUT2D eigenvalue weighted by Crippen LogP contribution is 2.45. The van der Waals surface area contributed by atoms with E-state index in [0.29, 0.717) is 24.3 Å². The molecule has 4 rings (SSSR count). The van der Waals surface area contributed by atoms with Crippen LogP contribution in [0.25, 0.3) is 0 Å². The molecule has 0 aromatic carbocycles. The van der Waals surface area contributed by atoms with Crippen molar-refractivity contribution < 1.29 is 34.3 Å². The number of aliphatic hydroxyl groups excluding tert-OH is 2. The van der Waals surface area contributed by atoms with Crippen molar-refractivity contribution in [2.45, 2.75) is 129 Å². The molecular weight excluding hydrogens is 520 g/mol. The first-order chi connectivity index (χ1) is 19.4. The Bertz CT molecular complexity index is 1040. The Kier molecular flexibility index (Phi) is 10.7. The van der Waals surface area contributed by atoms with Gasteiger partial charge in [-0.2, -0.15) is 0 Å². The summed E-state index contributed by atoms with van der Waals surface area (Å²) in [6.07, 6.45) is 12.4. The van der Waals surface area contributed by atoms with Crippen LogP contribution in [0.1, 0.15) is 86.5 Å². The smallest absolute Gasteiger partial charge is 0.343 e. The van der Waals surface area contributed by atoms with Gasteiger partial charge < -0.3 is 29.5 Å². The van der Waals surface area contributed by atoms with Gasteiger partial charge in [-0.3, -0.25) is 0 Å². The van der Waals surface area contributed by atoms with Crippen LogP contribution in [0.4, 0.5) is 0 Å². The molecular formula is C34H52O7. The topological polar surface area (TPSA) is 105 Å². The molecule has 2 fully saturated rings. The molecule has 3 aliphatic heterocycles. The predicted octanol–water partition coefficient (Wildman–Crippen LogP) is 5.19. The molecule has 4 aliphatic rings. The maximum Gasteiger partial charge on any atom is 0.343 e. The first-order valence-corrected chi connectivity index (χ1v) is 15.7. The Balaban J connectivity index is 1.60. The Hall–Kier alpha value is -1.77. The highest BCUT2D eigenvalue weighted by Gasteiger charge is 2.57. The van der Waals surface area contributed by atoms with Gasteiger partial charge in [0, 0.05) is 12.8 Å². The van der Waals surface area contributed by atoms with Crippen molar-refractivity contribution in [3.8, 4) is 0 Å². The van der Waals surface area contributed by atoms with Crippen molar-refractivity contribution in [1.29, 1.82) is 0 Å². The number of esters is 1. The van der Waals surface area contributed by atoms with Crippen LogP contribution in [-0.4, -0.2) is 70.1 Å². The zero-order valence-electron chi connectivity index (χ0n) is 25.8.